The molecule has 1 N–H and O–H groups in total. The molecule has 8 nitrogen and oxygen atoms in total. The van der Waals surface area contributed by atoms with Gasteiger partial charge in [-0.15, -0.1) is 0 Å². The number of nitrogens with zero attached hydrogens (tertiary/aromatic N) is 5. The molecule has 4 rings (SSSR count). The van der Waals surface area contributed by atoms with Gasteiger partial charge in [-0.3, -0.25) is 9.20 Å². The molecule has 0 bridgehead atoms. The number of hydrogen-bond donors (Lipinski definition) is 1. The van der Waals surface area contributed by atoms with Gasteiger partial charge in [-0.2, -0.15) is 8.78 Å². The van der Waals surface area contributed by atoms with Gasteiger partial charge in [0.15, 0.2) is 11.5 Å². The summed E-state index contributed by atoms with van der Waals surface area (Å²) in [7, 11) is 1.88. The number of anilines is 2. The number of fused-ring (bicyclic) bond motifs is 1. The summed E-state index contributed by atoms with van der Waals surface area (Å²) in [6.07, 6.45) is 8.43. The molecule has 0 spiro atoms. The number of imidazole rings is 1. The molecule has 0 fully saturated rings. The van der Waals surface area contributed by atoms with Crippen molar-refractivity contribution < 1.29 is 18.3 Å². The van der Waals surface area contributed by atoms with E-state index in [0.29, 0.717) is 22.9 Å². The van der Waals surface area contributed by atoms with Crippen molar-refractivity contribution in [1.82, 2.24) is 24.2 Å². The quantitative estimate of drug-likeness (QED) is 0.157. The molecule has 230 valence electrons. The number of halogens is 2. The highest BCUT2D eigenvalue weighted by Crippen LogP contribution is 2.28. The Balaban J connectivity index is 1.42. The Hall–Kier alpha value is -4.05. The van der Waals surface area contributed by atoms with Crippen LogP contribution in [0.2, 0.25) is 0 Å². The third kappa shape index (κ3) is 8.07. The lowest BCUT2D eigenvalue weighted by molar-refractivity contribution is -0.0498. The number of rotatable bonds is 15. The maximum atomic E-state index is 13.3. The number of carbonyl (C=O) groups is 1. The molecule has 0 saturated carbocycles. The molecule has 1 unspecified atom stereocenters. The summed E-state index contributed by atoms with van der Waals surface area (Å²) in [5, 5.41) is 3.33. The molecule has 0 saturated heterocycles. The Morgan fingerprint density at radius 1 is 1.02 bits per heavy atom. The minimum atomic E-state index is -2.87. The fourth-order valence-electron chi connectivity index (χ4n) is 5.29. The van der Waals surface area contributed by atoms with Crippen LogP contribution in [0, 0.1) is 12.8 Å². The van der Waals surface area contributed by atoms with Crippen molar-refractivity contribution in [3.8, 4) is 17.0 Å². The van der Waals surface area contributed by atoms with Crippen molar-refractivity contribution in [2.24, 2.45) is 5.92 Å². The molecule has 2 aromatic heterocycles. The molecule has 0 aliphatic rings. The largest absolute Gasteiger partial charge is 0.435 e. The zero-order chi connectivity index (χ0) is 30.9. The maximum Gasteiger partial charge on any atom is 0.387 e. The lowest BCUT2D eigenvalue weighted by Crippen LogP contribution is -2.30. The Kier molecular flexibility index (Phi) is 11.1. The highest BCUT2D eigenvalue weighted by molar-refractivity contribution is 5.96. The summed E-state index contributed by atoms with van der Waals surface area (Å²) in [5.74, 6) is 1.26. The monoisotopic (exact) mass is 592 g/mol. The molecule has 4 aromatic rings. The number of alkyl halides is 2. The van der Waals surface area contributed by atoms with Gasteiger partial charge in [-0.1, -0.05) is 27.2 Å². The Morgan fingerprint density at radius 2 is 1.74 bits per heavy atom. The maximum absolute atomic E-state index is 13.3. The van der Waals surface area contributed by atoms with Crippen LogP contribution in [0.1, 0.15) is 56.0 Å². The number of benzene rings is 2. The van der Waals surface area contributed by atoms with Crippen molar-refractivity contribution in [2.45, 2.75) is 53.6 Å². The average Bonchev–Trinajstić information content (AvgIpc) is 3.44. The minimum absolute atomic E-state index is 0.0192. The van der Waals surface area contributed by atoms with Crippen LogP contribution in [-0.2, 0) is 0 Å². The number of aromatic nitrogens is 3. The van der Waals surface area contributed by atoms with Crippen LogP contribution >= 0.6 is 0 Å². The van der Waals surface area contributed by atoms with Crippen molar-refractivity contribution >= 4 is 23.1 Å². The van der Waals surface area contributed by atoms with Gasteiger partial charge < -0.3 is 19.9 Å². The topological polar surface area (TPSA) is 75.0 Å². The summed E-state index contributed by atoms with van der Waals surface area (Å²) < 4.78 is 31.4. The minimum Gasteiger partial charge on any atom is -0.435 e. The molecular weight excluding hydrogens is 550 g/mol. The van der Waals surface area contributed by atoms with Crippen LogP contribution in [0.25, 0.3) is 16.9 Å². The third-order valence-corrected chi connectivity index (χ3v) is 8.07. The van der Waals surface area contributed by atoms with Crippen LogP contribution in [0.15, 0.2) is 61.1 Å². The fraction of sp³-hybridized carbons (Fsp3) is 0.424. The van der Waals surface area contributed by atoms with E-state index in [-0.39, 0.29) is 11.7 Å². The number of ether oxygens (including phenoxy) is 1. The Morgan fingerprint density at radius 3 is 2.40 bits per heavy atom. The van der Waals surface area contributed by atoms with Gasteiger partial charge in [0.1, 0.15) is 5.75 Å². The van der Waals surface area contributed by atoms with Gasteiger partial charge in [0.05, 0.1) is 11.9 Å². The Labute approximate surface area is 252 Å². The van der Waals surface area contributed by atoms with Gasteiger partial charge in [0, 0.05) is 42.8 Å². The molecule has 1 amide bonds. The molecule has 0 aliphatic carbocycles. The van der Waals surface area contributed by atoms with E-state index < -0.39 is 6.61 Å². The van der Waals surface area contributed by atoms with E-state index in [4.69, 9.17) is 0 Å². The smallest absolute Gasteiger partial charge is 0.387 e. The molecule has 1 atom stereocenters. The predicted octanol–water partition coefficient (Wildman–Crippen LogP) is 7.27. The molecule has 43 heavy (non-hydrogen) atoms. The summed E-state index contributed by atoms with van der Waals surface area (Å²) in [4.78, 5) is 26.6. The molecule has 2 heterocycles. The highest BCUT2D eigenvalue weighted by Gasteiger charge is 2.18. The zero-order valence-corrected chi connectivity index (χ0v) is 25.7. The Bertz CT molecular complexity index is 1490. The van der Waals surface area contributed by atoms with Crippen molar-refractivity contribution in [3.05, 3.63) is 72.2 Å². The van der Waals surface area contributed by atoms with E-state index in [1.807, 2.05) is 41.5 Å². The number of nitrogens with one attached hydrogen (secondary N) is 1. The summed E-state index contributed by atoms with van der Waals surface area (Å²) in [6, 6.07) is 12.1. The second-order valence-electron chi connectivity index (χ2n) is 10.8. The first-order valence-corrected chi connectivity index (χ1v) is 15.0. The summed E-state index contributed by atoms with van der Waals surface area (Å²) in [6.45, 7) is 9.67. The standard InChI is InChI=1S/C33H42F2N6O2/c1-6-24(16-19-40(7-2)8-3)15-18-39(5)32(42)28-14-11-26(21-23(28)4)38-30-31-37-22-29(41(31)20-17-36-30)25-9-12-27(13-10-25)43-33(34)35/h9-14,17,20-22,24,33H,6-8,15-16,18-19H2,1-5H3,(H,36,38). The van der Waals surface area contributed by atoms with Gasteiger partial charge in [0.2, 0.25) is 0 Å². The third-order valence-electron chi connectivity index (χ3n) is 8.07. The van der Waals surface area contributed by atoms with Crippen LogP contribution in [0.4, 0.5) is 20.3 Å². The molecule has 2 aromatic carbocycles. The van der Waals surface area contributed by atoms with Crippen LogP contribution < -0.4 is 10.1 Å². The van der Waals surface area contributed by atoms with Crippen molar-refractivity contribution in [2.75, 3.05) is 38.5 Å². The van der Waals surface area contributed by atoms with Gasteiger partial charge in [-0.05, 0) is 93.3 Å². The molecule has 0 aliphatic heterocycles. The second-order valence-corrected chi connectivity index (χ2v) is 10.8. The van der Waals surface area contributed by atoms with Crippen molar-refractivity contribution in [1.29, 1.82) is 0 Å². The van der Waals surface area contributed by atoms with Gasteiger partial charge in [0.25, 0.3) is 5.91 Å². The lowest BCUT2D eigenvalue weighted by atomic mass is 9.97. The number of hydrogen-bond acceptors (Lipinski definition) is 6. The van der Waals surface area contributed by atoms with E-state index in [1.165, 1.54) is 12.1 Å². The van der Waals surface area contributed by atoms with E-state index in [0.717, 1.165) is 67.9 Å². The normalized spacial score (nSPS) is 12.2. The van der Waals surface area contributed by atoms with Crippen LogP contribution in [0.5, 0.6) is 5.75 Å². The number of aryl methyl sites for hydroxylation is 1. The fourth-order valence-corrected chi connectivity index (χ4v) is 5.29. The van der Waals surface area contributed by atoms with E-state index in [1.54, 1.807) is 30.7 Å². The second kappa shape index (κ2) is 14.9. The number of carbonyl (C=O) groups excluding carboxylic acids is 1. The lowest BCUT2D eigenvalue weighted by Gasteiger charge is -2.24. The van der Waals surface area contributed by atoms with Gasteiger partial charge in [-0.25, -0.2) is 9.97 Å². The summed E-state index contributed by atoms with van der Waals surface area (Å²) in [5.41, 5.74) is 4.52. The molecule has 0 radical (unpaired) electrons. The molecule has 10 heteroatoms. The zero-order valence-electron chi connectivity index (χ0n) is 25.7. The first kappa shape index (κ1) is 31.9. The summed E-state index contributed by atoms with van der Waals surface area (Å²) >= 11 is 0. The van der Waals surface area contributed by atoms with Crippen molar-refractivity contribution in [3.63, 3.8) is 0 Å². The predicted molar refractivity (Wildman–Crippen MR) is 167 cm³/mol. The van der Waals surface area contributed by atoms with Crippen LogP contribution in [-0.4, -0.2) is 69.9 Å². The molecular formula is C33H42F2N6O2. The first-order chi connectivity index (χ1) is 20.7. The highest BCUT2D eigenvalue weighted by atomic mass is 19.3. The van der Waals surface area contributed by atoms with Crippen LogP contribution in [0.3, 0.4) is 0 Å². The SMILES string of the molecule is CCC(CCN(CC)CC)CCN(C)C(=O)c1ccc(Nc2nccn3c(-c4ccc(OC(F)F)cc4)cnc23)cc1C. The van der Waals surface area contributed by atoms with E-state index in [9.17, 15) is 13.6 Å². The average molecular weight is 593 g/mol. The first-order valence-electron chi connectivity index (χ1n) is 15.0. The van der Waals surface area contributed by atoms with E-state index >= 15 is 0 Å². The number of amides is 1. The van der Waals surface area contributed by atoms with E-state index in [2.05, 4.69) is 45.7 Å². The van der Waals surface area contributed by atoms with Gasteiger partial charge >= 0.3 is 6.61 Å².